The maximum absolute atomic E-state index is 12.6. The van der Waals surface area contributed by atoms with Gasteiger partial charge in [0.25, 0.3) is 5.91 Å². The SMILES string of the molecule is CC1(C)CC(NC(=O)c2coc3ccccc23)CC(C)(C)N1. The topological polar surface area (TPSA) is 54.3 Å². The summed E-state index contributed by atoms with van der Waals surface area (Å²) in [6.07, 6.45) is 3.38. The van der Waals surface area contributed by atoms with Crippen molar-refractivity contribution < 1.29 is 9.21 Å². The Labute approximate surface area is 131 Å². The lowest BCUT2D eigenvalue weighted by Gasteiger charge is -2.46. The van der Waals surface area contributed by atoms with Gasteiger partial charge in [-0.05, 0) is 46.6 Å². The molecular formula is C18H24N2O2. The molecule has 0 radical (unpaired) electrons. The van der Waals surface area contributed by atoms with Crippen molar-refractivity contribution in [1.29, 1.82) is 0 Å². The number of fused-ring (bicyclic) bond motifs is 1. The lowest BCUT2D eigenvalue weighted by Crippen LogP contribution is -2.62. The van der Waals surface area contributed by atoms with E-state index in [1.165, 1.54) is 0 Å². The van der Waals surface area contributed by atoms with Crippen molar-refractivity contribution in [3.63, 3.8) is 0 Å². The highest BCUT2D eigenvalue weighted by Gasteiger charge is 2.38. The molecule has 1 saturated heterocycles. The monoisotopic (exact) mass is 300 g/mol. The van der Waals surface area contributed by atoms with Crippen molar-refractivity contribution in [2.75, 3.05) is 0 Å². The Bertz CT molecular complexity index is 684. The van der Waals surface area contributed by atoms with Gasteiger partial charge in [-0.3, -0.25) is 4.79 Å². The third-order valence-corrected chi connectivity index (χ3v) is 4.25. The molecule has 0 aliphatic carbocycles. The van der Waals surface area contributed by atoms with E-state index in [0.29, 0.717) is 5.56 Å². The highest BCUT2D eigenvalue weighted by atomic mass is 16.3. The molecule has 3 rings (SSSR count). The fourth-order valence-electron chi connectivity index (χ4n) is 3.84. The first-order valence-corrected chi connectivity index (χ1v) is 7.82. The zero-order valence-corrected chi connectivity index (χ0v) is 13.7. The van der Waals surface area contributed by atoms with Crippen molar-refractivity contribution >= 4 is 16.9 Å². The van der Waals surface area contributed by atoms with Gasteiger partial charge in [-0.15, -0.1) is 0 Å². The molecule has 4 nitrogen and oxygen atoms in total. The largest absolute Gasteiger partial charge is 0.463 e. The zero-order valence-electron chi connectivity index (χ0n) is 13.7. The van der Waals surface area contributed by atoms with Crippen LogP contribution < -0.4 is 10.6 Å². The molecule has 2 N–H and O–H groups in total. The average Bonchev–Trinajstić information content (AvgIpc) is 2.78. The predicted molar refractivity (Wildman–Crippen MR) is 88.0 cm³/mol. The molecule has 2 heterocycles. The van der Waals surface area contributed by atoms with Crippen LogP contribution in [0.1, 0.15) is 50.9 Å². The standard InChI is InChI=1S/C18H24N2O2/c1-17(2)9-12(10-18(3,4)20-17)19-16(21)14-11-22-15-8-6-5-7-13(14)15/h5-8,11-12,20H,9-10H2,1-4H3,(H,19,21). The Morgan fingerprint density at radius 1 is 1.18 bits per heavy atom. The molecule has 1 amide bonds. The summed E-state index contributed by atoms with van der Waals surface area (Å²) in [5.41, 5.74) is 1.39. The predicted octanol–water partition coefficient (Wildman–Crippen LogP) is 3.47. The van der Waals surface area contributed by atoms with E-state index in [4.69, 9.17) is 4.42 Å². The minimum Gasteiger partial charge on any atom is -0.463 e. The van der Waals surface area contributed by atoms with Crippen LogP contribution in [0.5, 0.6) is 0 Å². The fourth-order valence-corrected chi connectivity index (χ4v) is 3.84. The Kier molecular flexibility index (Phi) is 3.52. The Morgan fingerprint density at radius 3 is 2.50 bits per heavy atom. The van der Waals surface area contributed by atoms with Gasteiger partial charge in [0.2, 0.25) is 0 Å². The maximum Gasteiger partial charge on any atom is 0.255 e. The number of piperidine rings is 1. The number of benzene rings is 1. The van der Waals surface area contributed by atoms with Gasteiger partial charge in [0.15, 0.2) is 0 Å². The van der Waals surface area contributed by atoms with E-state index < -0.39 is 0 Å². The normalized spacial score (nSPS) is 20.9. The zero-order chi connectivity index (χ0) is 16.0. The molecule has 1 aliphatic rings. The molecule has 0 unspecified atom stereocenters. The number of carbonyl (C=O) groups excluding carboxylic acids is 1. The molecule has 0 atom stereocenters. The van der Waals surface area contributed by atoms with Crippen LogP contribution in [-0.4, -0.2) is 23.0 Å². The number of hydrogen-bond acceptors (Lipinski definition) is 3. The summed E-state index contributed by atoms with van der Waals surface area (Å²) in [4.78, 5) is 12.6. The lowest BCUT2D eigenvalue weighted by molar-refractivity contribution is 0.0874. The minimum absolute atomic E-state index is 0.0121. The van der Waals surface area contributed by atoms with Gasteiger partial charge in [0.1, 0.15) is 11.8 Å². The van der Waals surface area contributed by atoms with E-state index in [1.807, 2.05) is 24.3 Å². The molecule has 1 fully saturated rings. The number of hydrogen-bond donors (Lipinski definition) is 2. The number of rotatable bonds is 2. The number of para-hydroxylation sites is 1. The van der Waals surface area contributed by atoms with Crippen LogP contribution in [0.3, 0.4) is 0 Å². The van der Waals surface area contributed by atoms with E-state index in [2.05, 4.69) is 38.3 Å². The van der Waals surface area contributed by atoms with Gasteiger partial charge in [0, 0.05) is 22.5 Å². The van der Waals surface area contributed by atoms with Crippen molar-refractivity contribution in [3.05, 3.63) is 36.1 Å². The summed E-state index contributed by atoms with van der Waals surface area (Å²) in [6.45, 7) is 8.72. The van der Waals surface area contributed by atoms with Gasteiger partial charge in [-0.25, -0.2) is 0 Å². The van der Waals surface area contributed by atoms with E-state index in [-0.39, 0.29) is 23.0 Å². The molecule has 1 aromatic heterocycles. The molecule has 118 valence electrons. The summed E-state index contributed by atoms with van der Waals surface area (Å²) in [5.74, 6) is -0.0524. The first kappa shape index (κ1) is 15.1. The molecule has 0 bridgehead atoms. The van der Waals surface area contributed by atoms with Crippen LogP contribution >= 0.6 is 0 Å². The first-order valence-electron chi connectivity index (χ1n) is 7.82. The quantitative estimate of drug-likeness (QED) is 0.893. The number of amides is 1. The van der Waals surface area contributed by atoms with E-state index in [1.54, 1.807) is 6.26 Å². The molecule has 2 aromatic rings. The van der Waals surface area contributed by atoms with Crippen LogP contribution in [0.2, 0.25) is 0 Å². The molecular weight excluding hydrogens is 276 g/mol. The van der Waals surface area contributed by atoms with Gasteiger partial charge >= 0.3 is 0 Å². The van der Waals surface area contributed by atoms with Crippen LogP contribution in [0.15, 0.2) is 34.9 Å². The summed E-state index contributed by atoms with van der Waals surface area (Å²) in [7, 11) is 0. The summed E-state index contributed by atoms with van der Waals surface area (Å²) >= 11 is 0. The highest BCUT2D eigenvalue weighted by molar-refractivity contribution is 6.06. The molecule has 0 spiro atoms. The van der Waals surface area contributed by atoms with Gasteiger partial charge < -0.3 is 15.1 Å². The second-order valence-electron chi connectivity index (χ2n) is 7.62. The molecule has 1 aliphatic heterocycles. The summed E-state index contributed by atoms with van der Waals surface area (Å²) < 4.78 is 5.47. The molecule has 0 saturated carbocycles. The Hall–Kier alpha value is -1.81. The second kappa shape index (κ2) is 5.13. The Balaban J connectivity index is 1.79. The van der Waals surface area contributed by atoms with E-state index in [0.717, 1.165) is 23.8 Å². The van der Waals surface area contributed by atoms with Crippen molar-refractivity contribution in [3.8, 4) is 0 Å². The van der Waals surface area contributed by atoms with E-state index >= 15 is 0 Å². The molecule has 4 heteroatoms. The van der Waals surface area contributed by atoms with Crippen LogP contribution in [0.25, 0.3) is 11.0 Å². The lowest BCUT2D eigenvalue weighted by atomic mass is 9.79. The fraction of sp³-hybridized carbons (Fsp3) is 0.500. The number of furan rings is 1. The van der Waals surface area contributed by atoms with Gasteiger partial charge in [-0.2, -0.15) is 0 Å². The van der Waals surface area contributed by atoms with Crippen molar-refractivity contribution in [2.45, 2.75) is 57.7 Å². The summed E-state index contributed by atoms with van der Waals surface area (Å²) in [6, 6.07) is 7.79. The molecule has 1 aromatic carbocycles. The van der Waals surface area contributed by atoms with Crippen LogP contribution in [0, 0.1) is 0 Å². The number of carbonyl (C=O) groups is 1. The highest BCUT2D eigenvalue weighted by Crippen LogP contribution is 2.29. The van der Waals surface area contributed by atoms with E-state index in [9.17, 15) is 4.79 Å². The third kappa shape index (κ3) is 3.02. The van der Waals surface area contributed by atoms with Crippen LogP contribution in [0.4, 0.5) is 0 Å². The Morgan fingerprint density at radius 2 is 1.82 bits per heavy atom. The number of nitrogens with one attached hydrogen (secondary N) is 2. The second-order valence-corrected chi connectivity index (χ2v) is 7.62. The minimum atomic E-state index is -0.0524. The summed E-state index contributed by atoms with van der Waals surface area (Å²) in [5, 5.41) is 7.68. The smallest absolute Gasteiger partial charge is 0.255 e. The third-order valence-electron chi connectivity index (χ3n) is 4.25. The van der Waals surface area contributed by atoms with Gasteiger partial charge in [-0.1, -0.05) is 18.2 Å². The van der Waals surface area contributed by atoms with Gasteiger partial charge in [0.05, 0.1) is 5.56 Å². The van der Waals surface area contributed by atoms with Crippen LogP contribution in [-0.2, 0) is 0 Å². The molecule has 22 heavy (non-hydrogen) atoms. The first-order chi connectivity index (χ1) is 10.3. The maximum atomic E-state index is 12.6. The average molecular weight is 300 g/mol. The van der Waals surface area contributed by atoms with Crippen molar-refractivity contribution in [1.82, 2.24) is 10.6 Å². The van der Waals surface area contributed by atoms with Crippen molar-refractivity contribution in [2.24, 2.45) is 0 Å².